The zero-order valence-electron chi connectivity index (χ0n) is 14.4. The Balaban J connectivity index is 1.82. The average molecular weight is 365 g/mol. The van der Waals surface area contributed by atoms with E-state index in [0.717, 1.165) is 5.56 Å². The minimum Gasteiger partial charge on any atom is -0.466 e. The van der Waals surface area contributed by atoms with Gasteiger partial charge in [-0.25, -0.2) is 0 Å². The minimum atomic E-state index is -0.787. The standard InChI is InChI=1S/C18H21ClN2O4/c1-10-4-5-13(9-15(10)19)21-18(24)17(23)20-7-6-16(22)14-8-11(2)25-12(14)3/h4-5,8-9,16,22H,6-7H2,1-3H3,(H,20,23)(H,21,24). The van der Waals surface area contributed by atoms with E-state index in [0.29, 0.717) is 27.8 Å². The fraction of sp³-hybridized carbons (Fsp3) is 0.333. The van der Waals surface area contributed by atoms with Gasteiger partial charge in [0.2, 0.25) is 0 Å². The molecule has 0 aliphatic carbocycles. The first-order chi connectivity index (χ1) is 11.8. The second-order valence-corrected chi connectivity index (χ2v) is 6.25. The van der Waals surface area contributed by atoms with E-state index in [2.05, 4.69) is 10.6 Å². The van der Waals surface area contributed by atoms with Crippen molar-refractivity contribution < 1.29 is 19.1 Å². The molecule has 1 heterocycles. The lowest BCUT2D eigenvalue weighted by Gasteiger charge is -2.11. The smallest absolute Gasteiger partial charge is 0.313 e. The highest BCUT2D eigenvalue weighted by atomic mass is 35.5. The van der Waals surface area contributed by atoms with Crippen molar-refractivity contribution in [1.29, 1.82) is 0 Å². The van der Waals surface area contributed by atoms with Crippen molar-refractivity contribution in [3.8, 4) is 0 Å². The number of rotatable bonds is 5. The average Bonchev–Trinajstić information content (AvgIpc) is 2.89. The Bertz CT molecular complexity index is 785. The molecule has 2 amide bonds. The molecule has 1 atom stereocenters. The predicted octanol–water partition coefficient (Wildman–Crippen LogP) is 3.04. The quantitative estimate of drug-likeness (QED) is 0.711. The number of halogens is 1. The lowest BCUT2D eigenvalue weighted by Crippen LogP contribution is -2.36. The highest BCUT2D eigenvalue weighted by molar-refractivity contribution is 6.39. The molecule has 0 radical (unpaired) electrons. The van der Waals surface area contributed by atoms with Gasteiger partial charge < -0.3 is 20.2 Å². The molecule has 7 heteroatoms. The zero-order valence-corrected chi connectivity index (χ0v) is 15.1. The van der Waals surface area contributed by atoms with Gasteiger partial charge in [-0.15, -0.1) is 0 Å². The third-order valence-corrected chi connectivity index (χ3v) is 4.18. The number of nitrogens with one attached hydrogen (secondary N) is 2. The van der Waals surface area contributed by atoms with Crippen LogP contribution in [0.5, 0.6) is 0 Å². The van der Waals surface area contributed by atoms with Gasteiger partial charge in [0.15, 0.2) is 0 Å². The minimum absolute atomic E-state index is 0.158. The first kappa shape index (κ1) is 19.0. The molecule has 0 fully saturated rings. The molecule has 0 bridgehead atoms. The Morgan fingerprint density at radius 1 is 1.20 bits per heavy atom. The number of hydrogen-bond acceptors (Lipinski definition) is 4. The summed E-state index contributed by atoms with van der Waals surface area (Å²) in [7, 11) is 0. The maximum atomic E-state index is 11.9. The van der Waals surface area contributed by atoms with Gasteiger partial charge in [0.25, 0.3) is 0 Å². The van der Waals surface area contributed by atoms with Crippen molar-refractivity contribution in [2.24, 2.45) is 0 Å². The summed E-state index contributed by atoms with van der Waals surface area (Å²) in [4.78, 5) is 23.7. The lowest BCUT2D eigenvalue weighted by atomic mass is 10.1. The zero-order chi connectivity index (χ0) is 18.6. The number of hydrogen-bond donors (Lipinski definition) is 3. The van der Waals surface area contributed by atoms with Crippen LogP contribution in [0.15, 0.2) is 28.7 Å². The predicted molar refractivity (Wildman–Crippen MR) is 95.6 cm³/mol. The van der Waals surface area contributed by atoms with Gasteiger partial charge in [-0.3, -0.25) is 9.59 Å². The van der Waals surface area contributed by atoms with E-state index in [1.54, 1.807) is 38.1 Å². The number of amides is 2. The number of aliphatic hydroxyl groups is 1. The van der Waals surface area contributed by atoms with Gasteiger partial charge >= 0.3 is 11.8 Å². The molecule has 1 aromatic carbocycles. The van der Waals surface area contributed by atoms with Crippen LogP contribution in [0.1, 0.15) is 35.2 Å². The van der Waals surface area contributed by atoms with Gasteiger partial charge in [0, 0.05) is 22.8 Å². The number of aryl methyl sites for hydroxylation is 3. The molecule has 1 unspecified atom stereocenters. The molecule has 1 aromatic heterocycles. The second kappa shape index (κ2) is 8.18. The number of benzene rings is 1. The van der Waals surface area contributed by atoms with Crippen LogP contribution < -0.4 is 10.6 Å². The van der Waals surface area contributed by atoms with Crippen LogP contribution >= 0.6 is 11.6 Å². The van der Waals surface area contributed by atoms with Crippen LogP contribution in [0, 0.1) is 20.8 Å². The summed E-state index contributed by atoms with van der Waals surface area (Å²) in [5.74, 6) is -0.203. The van der Waals surface area contributed by atoms with E-state index >= 15 is 0 Å². The Morgan fingerprint density at radius 3 is 2.52 bits per heavy atom. The van der Waals surface area contributed by atoms with E-state index in [1.165, 1.54) is 0 Å². The Kier molecular flexibility index (Phi) is 6.22. The Morgan fingerprint density at radius 2 is 1.92 bits per heavy atom. The van der Waals surface area contributed by atoms with E-state index < -0.39 is 17.9 Å². The summed E-state index contributed by atoms with van der Waals surface area (Å²) in [5, 5.41) is 15.6. The second-order valence-electron chi connectivity index (χ2n) is 5.85. The summed E-state index contributed by atoms with van der Waals surface area (Å²) in [6.45, 7) is 5.57. The molecule has 134 valence electrons. The number of furan rings is 1. The van der Waals surface area contributed by atoms with Crippen LogP contribution in [0.3, 0.4) is 0 Å². The first-order valence-electron chi connectivity index (χ1n) is 7.88. The van der Waals surface area contributed by atoms with Crippen molar-refractivity contribution in [1.82, 2.24) is 5.32 Å². The molecule has 25 heavy (non-hydrogen) atoms. The normalized spacial score (nSPS) is 11.9. The molecule has 3 N–H and O–H groups in total. The molecule has 6 nitrogen and oxygen atoms in total. The number of carbonyl (C=O) groups excluding carboxylic acids is 2. The largest absolute Gasteiger partial charge is 0.466 e. The molecule has 0 saturated carbocycles. The topological polar surface area (TPSA) is 91.6 Å². The molecule has 0 aliphatic rings. The molecule has 2 aromatic rings. The Hall–Kier alpha value is -2.31. The van der Waals surface area contributed by atoms with Gasteiger partial charge in [-0.2, -0.15) is 0 Å². The molecule has 0 aliphatic heterocycles. The van der Waals surface area contributed by atoms with Gasteiger partial charge in [-0.05, 0) is 51.0 Å². The third kappa shape index (κ3) is 5.08. The van der Waals surface area contributed by atoms with Crippen molar-refractivity contribution >= 4 is 29.1 Å². The van der Waals surface area contributed by atoms with Gasteiger partial charge in [0.1, 0.15) is 11.5 Å². The summed E-state index contributed by atoms with van der Waals surface area (Å²) in [5.41, 5.74) is 2.01. The number of aliphatic hydroxyl groups excluding tert-OH is 1. The monoisotopic (exact) mass is 364 g/mol. The lowest BCUT2D eigenvalue weighted by molar-refractivity contribution is -0.136. The van der Waals surface area contributed by atoms with Gasteiger partial charge in [0.05, 0.1) is 6.10 Å². The van der Waals surface area contributed by atoms with Crippen molar-refractivity contribution in [3.05, 3.63) is 51.9 Å². The third-order valence-electron chi connectivity index (χ3n) is 3.78. The highest BCUT2D eigenvalue weighted by Crippen LogP contribution is 2.23. The van der Waals surface area contributed by atoms with Crippen LogP contribution in [-0.4, -0.2) is 23.5 Å². The van der Waals surface area contributed by atoms with Crippen LogP contribution in [0.4, 0.5) is 5.69 Å². The molecule has 2 rings (SSSR count). The van der Waals surface area contributed by atoms with Crippen molar-refractivity contribution in [2.45, 2.75) is 33.3 Å². The number of anilines is 1. The molecule has 0 saturated heterocycles. The number of carbonyl (C=O) groups is 2. The summed E-state index contributed by atoms with van der Waals surface area (Å²) < 4.78 is 5.36. The SMILES string of the molecule is Cc1cc(C(O)CCNC(=O)C(=O)Nc2ccc(C)c(Cl)c2)c(C)o1. The summed E-state index contributed by atoms with van der Waals surface area (Å²) >= 11 is 5.98. The maximum Gasteiger partial charge on any atom is 0.313 e. The molecule has 0 spiro atoms. The molecular formula is C18H21ClN2O4. The fourth-order valence-corrected chi connectivity index (χ4v) is 2.58. The highest BCUT2D eigenvalue weighted by Gasteiger charge is 2.17. The van der Waals surface area contributed by atoms with Crippen LogP contribution in [-0.2, 0) is 9.59 Å². The maximum absolute atomic E-state index is 11.9. The fourth-order valence-electron chi connectivity index (χ4n) is 2.40. The van der Waals surface area contributed by atoms with E-state index in [-0.39, 0.29) is 13.0 Å². The van der Waals surface area contributed by atoms with Gasteiger partial charge in [-0.1, -0.05) is 17.7 Å². The van der Waals surface area contributed by atoms with E-state index in [1.807, 2.05) is 6.92 Å². The van der Waals surface area contributed by atoms with Crippen molar-refractivity contribution in [2.75, 3.05) is 11.9 Å². The van der Waals surface area contributed by atoms with E-state index in [9.17, 15) is 14.7 Å². The first-order valence-corrected chi connectivity index (χ1v) is 8.26. The summed E-state index contributed by atoms with van der Waals surface area (Å²) in [6, 6.07) is 6.76. The van der Waals surface area contributed by atoms with Crippen molar-refractivity contribution in [3.63, 3.8) is 0 Å². The van der Waals surface area contributed by atoms with Crippen LogP contribution in [0.2, 0.25) is 5.02 Å². The summed E-state index contributed by atoms with van der Waals surface area (Å²) in [6.07, 6.45) is -0.494. The Labute approximate surface area is 151 Å². The van der Waals surface area contributed by atoms with E-state index in [4.69, 9.17) is 16.0 Å². The van der Waals surface area contributed by atoms with Crippen LogP contribution in [0.25, 0.3) is 0 Å². The molecular weight excluding hydrogens is 344 g/mol.